The number of sulfonamides is 1. The molecule has 3 rings (SSSR count). The molecule has 12 heteroatoms. The summed E-state index contributed by atoms with van der Waals surface area (Å²) in [6, 6.07) is 4.34. The van der Waals surface area contributed by atoms with Crippen LogP contribution in [0.1, 0.15) is 23.1 Å². The number of amides is 1. The lowest BCUT2D eigenvalue weighted by molar-refractivity contribution is -0.138. The molecule has 26 heavy (non-hydrogen) atoms. The summed E-state index contributed by atoms with van der Waals surface area (Å²) in [5, 5.41) is 7.24. The summed E-state index contributed by atoms with van der Waals surface area (Å²) >= 11 is 0.109. The fraction of sp³-hybridized carbons (Fsp3) is 0.357. The summed E-state index contributed by atoms with van der Waals surface area (Å²) < 4.78 is 64.4. The normalized spacial score (nSPS) is 17.0. The van der Waals surface area contributed by atoms with Gasteiger partial charge in [0, 0.05) is 13.0 Å². The number of halogens is 3. The van der Waals surface area contributed by atoms with Crippen LogP contribution < -0.4 is 10.0 Å². The minimum atomic E-state index is -4.69. The Kier molecular flexibility index (Phi) is 4.65. The van der Waals surface area contributed by atoms with Crippen molar-refractivity contribution in [2.24, 2.45) is 0 Å². The van der Waals surface area contributed by atoms with Crippen molar-refractivity contribution in [3.05, 3.63) is 34.3 Å². The van der Waals surface area contributed by atoms with Gasteiger partial charge in [-0.3, -0.25) is 9.52 Å². The van der Waals surface area contributed by atoms with Gasteiger partial charge in [-0.15, -0.1) is 10.2 Å². The van der Waals surface area contributed by atoms with E-state index in [0.717, 1.165) is 11.1 Å². The van der Waals surface area contributed by atoms with E-state index < -0.39 is 26.3 Å². The van der Waals surface area contributed by atoms with Gasteiger partial charge in [-0.05, 0) is 36.1 Å². The summed E-state index contributed by atoms with van der Waals surface area (Å²) in [4.78, 5) is 11.0. The number of benzene rings is 1. The van der Waals surface area contributed by atoms with E-state index >= 15 is 0 Å². The molecule has 1 aromatic carbocycles. The van der Waals surface area contributed by atoms with Gasteiger partial charge in [-0.1, -0.05) is 17.4 Å². The third-order valence-corrected chi connectivity index (χ3v) is 6.07. The van der Waals surface area contributed by atoms with Gasteiger partial charge in [-0.2, -0.15) is 13.2 Å². The van der Waals surface area contributed by atoms with E-state index in [9.17, 15) is 26.4 Å². The van der Waals surface area contributed by atoms with E-state index in [1.807, 2.05) is 4.72 Å². The lowest BCUT2D eigenvalue weighted by Gasteiger charge is -2.08. The van der Waals surface area contributed by atoms with Gasteiger partial charge in [0.2, 0.25) is 16.0 Å². The largest absolute Gasteiger partial charge is 0.445 e. The number of carbonyl (C=O) groups excluding carboxylic acids is 1. The van der Waals surface area contributed by atoms with Crippen LogP contribution in [0.15, 0.2) is 23.1 Å². The number of alkyl halides is 3. The number of nitrogens with zero attached hydrogens (tertiary/aromatic N) is 2. The van der Waals surface area contributed by atoms with Crippen LogP contribution in [0.5, 0.6) is 0 Å². The van der Waals surface area contributed by atoms with Crippen LogP contribution >= 0.6 is 11.3 Å². The number of aromatic nitrogens is 2. The van der Waals surface area contributed by atoms with E-state index in [0.29, 0.717) is 12.8 Å². The summed E-state index contributed by atoms with van der Waals surface area (Å²) in [6.07, 6.45) is -3.61. The van der Waals surface area contributed by atoms with Gasteiger partial charge in [-0.25, -0.2) is 8.42 Å². The highest BCUT2D eigenvalue weighted by Crippen LogP contribution is 2.34. The van der Waals surface area contributed by atoms with Gasteiger partial charge < -0.3 is 5.32 Å². The second-order valence-corrected chi connectivity index (χ2v) is 8.41. The summed E-state index contributed by atoms with van der Waals surface area (Å²) in [5.41, 5.74) is 1.68. The fourth-order valence-electron chi connectivity index (χ4n) is 2.70. The van der Waals surface area contributed by atoms with Crippen LogP contribution in [-0.2, 0) is 33.8 Å². The summed E-state index contributed by atoms with van der Waals surface area (Å²) in [7, 11) is -4.10. The fourth-order valence-corrected chi connectivity index (χ4v) is 4.60. The Balaban J connectivity index is 1.79. The van der Waals surface area contributed by atoms with Crippen molar-refractivity contribution in [1.82, 2.24) is 15.5 Å². The first-order valence-corrected chi connectivity index (χ1v) is 9.67. The molecule has 7 nitrogen and oxygen atoms in total. The molecule has 1 amide bonds. The Labute approximate surface area is 150 Å². The molecule has 0 saturated heterocycles. The average molecular weight is 406 g/mol. The number of rotatable bonds is 4. The third-order valence-electron chi connectivity index (χ3n) is 3.72. The Bertz CT molecular complexity index is 957. The minimum absolute atomic E-state index is 0.0940. The van der Waals surface area contributed by atoms with Gasteiger partial charge >= 0.3 is 6.18 Å². The predicted molar refractivity (Wildman–Crippen MR) is 87.2 cm³/mol. The monoisotopic (exact) mass is 406 g/mol. The molecule has 0 aliphatic heterocycles. The Morgan fingerprint density at radius 3 is 2.54 bits per heavy atom. The quantitative estimate of drug-likeness (QED) is 0.808. The minimum Gasteiger partial charge on any atom is -0.353 e. The zero-order chi connectivity index (χ0) is 19.1. The molecule has 0 spiro atoms. The maximum absolute atomic E-state index is 12.5. The zero-order valence-electron chi connectivity index (χ0n) is 13.3. The van der Waals surface area contributed by atoms with Crippen LogP contribution in [-0.4, -0.2) is 30.6 Å². The van der Waals surface area contributed by atoms with Crippen molar-refractivity contribution < 1.29 is 26.4 Å². The number of fused-ring (bicyclic) bond motifs is 1. The number of anilines is 1. The van der Waals surface area contributed by atoms with Crippen LogP contribution in [0.2, 0.25) is 0 Å². The zero-order valence-corrected chi connectivity index (χ0v) is 14.9. The Morgan fingerprint density at radius 1 is 1.23 bits per heavy atom. The van der Waals surface area contributed by atoms with Crippen molar-refractivity contribution in [2.75, 3.05) is 4.72 Å². The van der Waals surface area contributed by atoms with Crippen molar-refractivity contribution in [3.8, 4) is 0 Å². The van der Waals surface area contributed by atoms with E-state index in [-0.39, 0.29) is 28.2 Å². The maximum Gasteiger partial charge on any atom is 0.445 e. The van der Waals surface area contributed by atoms with Gasteiger partial charge in [0.25, 0.3) is 10.0 Å². The van der Waals surface area contributed by atoms with E-state index in [4.69, 9.17) is 0 Å². The Morgan fingerprint density at radius 2 is 1.92 bits per heavy atom. The molecular weight excluding hydrogens is 393 g/mol. The third kappa shape index (κ3) is 3.96. The highest BCUT2D eigenvalue weighted by atomic mass is 32.2. The molecule has 140 valence electrons. The predicted octanol–water partition coefficient (Wildman–Crippen LogP) is 1.96. The molecule has 1 aliphatic rings. The van der Waals surface area contributed by atoms with Crippen molar-refractivity contribution in [3.63, 3.8) is 0 Å². The first kappa shape index (κ1) is 18.6. The smallest absolute Gasteiger partial charge is 0.353 e. The van der Waals surface area contributed by atoms with E-state index in [2.05, 4.69) is 15.5 Å². The second kappa shape index (κ2) is 6.50. The van der Waals surface area contributed by atoms with E-state index in [1.54, 1.807) is 6.07 Å². The molecule has 0 radical (unpaired) electrons. The number of hydrogen-bond donors (Lipinski definition) is 2. The van der Waals surface area contributed by atoms with Crippen molar-refractivity contribution in [1.29, 1.82) is 0 Å². The molecule has 1 aromatic heterocycles. The molecule has 1 heterocycles. The molecule has 2 N–H and O–H groups in total. The topological polar surface area (TPSA) is 101 Å². The molecule has 1 atom stereocenters. The molecule has 0 bridgehead atoms. The Hall–Kier alpha value is -2.21. The first-order chi connectivity index (χ1) is 12.0. The van der Waals surface area contributed by atoms with E-state index in [1.165, 1.54) is 19.1 Å². The van der Waals surface area contributed by atoms with Gasteiger partial charge in [0.15, 0.2) is 0 Å². The van der Waals surface area contributed by atoms with Crippen molar-refractivity contribution >= 4 is 32.4 Å². The molecule has 1 aliphatic carbocycles. The molecule has 0 fully saturated rings. The SMILES string of the molecule is CC(=O)NC1Cc2ccc(S(=O)(=O)Nc3nnc(C(F)(F)F)s3)cc2C1. The standard InChI is InChI=1S/C14H13F3N4O3S2/c1-7(22)18-10-4-8-2-3-11(6-9(8)5-10)26(23,24)21-13-20-19-12(25-13)14(15,16)17/h2-3,6,10H,4-5H2,1H3,(H,18,22)(H,20,21). The lowest BCUT2D eigenvalue weighted by Crippen LogP contribution is -2.33. The lowest BCUT2D eigenvalue weighted by atomic mass is 10.1. The molecule has 0 saturated carbocycles. The summed E-state index contributed by atoms with van der Waals surface area (Å²) in [6.45, 7) is 1.40. The van der Waals surface area contributed by atoms with Crippen LogP contribution in [0.4, 0.5) is 18.3 Å². The molecule has 2 aromatic rings. The highest BCUT2D eigenvalue weighted by Gasteiger charge is 2.36. The van der Waals surface area contributed by atoms with Gasteiger partial charge in [0.05, 0.1) is 4.90 Å². The van der Waals surface area contributed by atoms with Crippen LogP contribution in [0.25, 0.3) is 0 Å². The maximum atomic E-state index is 12.5. The first-order valence-electron chi connectivity index (χ1n) is 7.37. The molecular formula is C14H13F3N4O3S2. The number of carbonyl (C=O) groups is 1. The van der Waals surface area contributed by atoms with Crippen molar-refractivity contribution in [2.45, 2.75) is 36.9 Å². The van der Waals surface area contributed by atoms with Crippen LogP contribution in [0, 0.1) is 0 Å². The van der Waals surface area contributed by atoms with Crippen LogP contribution in [0.3, 0.4) is 0 Å². The van der Waals surface area contributed by atoms with Gasteiger partial charge in [0.1, 0.15) is 0 Å². The second-order valence-electron chi connectivity index (χ2n) is 5.75. The summed E-state index contributed by atoms with van der Waals surface area (Å²) in [5.74, 6) is -0.172. The average Bonchev–Trinajstić information content (AvgIpc) is 3.10. The number of nitrogens with one attached hydrogen (secondary N) is 2. The highest BCUT2D eigenvalue weighted by molar-refractivity contribution is 7.93. The molecule has 1 unspecified atom stereocenters. The number of hydrogen-bond acceptors (Lipinski definition) is 6.